The first kappa shape index (κ1) is 22.1. The topological polar surface area (TPSA) is 18.5 Å². The van der Waals surface area contributed by atoms with E-state index in [1.165, 1.54) is 64.2 Å². The summed E-state index contributed by atoms with van der Waals surface area (Å²) in [6, 6.07) is 0. The third-order valence-electron chi connectivity index (χ3n) is 4.43. The zero-order valence-electron chi connectivity index (χ0n) is 16.4. The molecule has 2 nitrogen and oxygen atoms in total. The number of hydrogen-bond acceptors (Lipinski definition) is 2. The minimum Gasteiger partial charge on any atom is -0.353 e. The molecule has 1 aliphatic heterocycles. The van der Waals surface area contributed by atoms with Gasteiger partial charge in [0.05, 0.1) is 6.61 Å². The van der Waals surface area contributed by atoms with Gasteiger partial charge in [0.25, 0.3) is 0 Å². The molecular formula is C23H38O2. The van der Waals surface area contributed by atoms with Gasteiger partial charge in [0.1, 0.15) is 0 Å². The van der Waals surface area contributed by atoms with Crippen molar-refractivity contribution >= 4 is 0 Å². The van der Waals surface area contributed by atoms with E-state index in [9.17, 15) is 0 Å². The zero-order valence-corrected chi connectivity index (χ0v) is 16.4. The van der Waals surface area contributed by atoms with E-state index in [0.717, 1.165) is 38.7 Å². The molecule has 0 unspecified atom stereocenters. The average molecular weight is 347 g/mol. The quantitative estimate of drug-likeness (QED) is 0.308. The van der Waals surface area contributed by atoms with Crippen molar-refractivity contribution in [2.45, 2.75) is 110 Å². The second kappa shape index (κ2) is 17.8. The van der Waals surface area contributed by atoms with E-state index in [1.807, 2.05) is 0 Å². The van der Waals surface area contributed by atoms with Crippen molar-refractivity contribution in [2.75, 3.05) is 13.2 Å². The maximum absolute atomic E-state index is 5.67. The number of ether oxygens (including phenoxy) is 2. The number of hydrogen-bond donors (Lipinski definition) is 0. The van der Waals surface area contributed by atoms with Crippen LogP contribution in [0.3, 0.4) is 0 Å². The lowest BCUT2D eigenvalue weighted by atomic mass is 10.1. The summed E-state index contributed by atoms with van der Waals surface area (Å²) in [6.45, 7) is 3.77. The van der Waals surface area contributed by atoms with Gasteiger partial charge in [0, 0.05) is 32.3 Å². The van der Waals surface area contributed by atoms with Crippen LogP contribution < -0.4 is 0 Å². The summed E-state index contributed by atoms with van der Waals surface area (Å²) in [5, 5.41) is 0. The van der Waals surface area contributed by atoms with E-state index < -0.39 is 0 Å². The maximum Gasteiger partial charge on any atom is 0.157 e. The van der Waals surface area contributed by atoms with Crippen LogP contribution in [0.4, 0.5) is 0 Å². The van der Waals surface area contributed by atoms with Gasteiger partial charge in [-0.05, 0) is 38.5 Å². The lowest BCUT2D eigenvalue weighted by Gasteiger charge is -2.22. The minimum atomic E-state index is 0.0258. The van der Waals surface area contributed by atoms with Gasteiger partial charge in [-0.3, -0.25) is 0 Å². The van der Waals surface area contributed by atoms with Crippen LogP contribution in [-0.4, -0.2) is 19.5 Å². The highest BCUT2D eigenvalue weighted by Gasteiger charge is 2.12. The summed E-state index contributed by atoms with van der Waals surface area (Å²) < 4.78 is 11.2. The van der Waals surface area contributed by atoms with Crippen molar-refractivity contribution in [1.29, 1.82) is 0 Å². The van der Waals surface area contributed by atoms with Crippen LogP contribution in [0.2, 0.25) is 0 Å². The Morgan fingerprint density at radius 1 is 0.760 bits per heavy atom. The van der Waals surface area contributed by atoms with Gasteiger partial charge in [0.2, 0.25) is 0 Å². The Labute approximate surface area is 156 Å². The first-order chi connectivity index (χ1) is 12.4. The molecule has 1 heterocycles. The molecular weight excluding hydrogens is 308 g/mol. The minimum absolute atomic E-state index is 0.0258. The summed E-state index contributed by atoms with van der Waals surface area (Å²) in [6.07, 6.45) is 17.8. The molecule has 0 aromatic rings. The van der Waals surface area contributed by atoms with Crippen molar-refractivity contribution < 1.29 is 9.47 Å². The molecule has 0 bridgehead atoms. The van der Waals surface area contributed by atoms with Crippen molar-refractivity contribution in [3.05, 3.63) is 0 Å². The van der Waals surface area contributed by atoms with Gasteiger partial charge >= 0.3 is 0 Å². The standard InChI is InChI=1S/C23H38O2/c1-2-3-4-5-6-7-8-9-10-11-12-13-14-15-16-18-21-24-23-20-17-19-22-25-23/h23H,2-4,7-14,17-22H2,1H3/t23-/m0/s1. The fraction of sp³-hybridized carbons (Fsp3) is 0.826. The van der Waals surface area contributed by atoms with Gasteiger partial charge in [-0.15, -0.1) is 23.7 Å². The molecule has 1 atom stereocenters. The lowest BCUT2D eigenvalue weighted by Crippen LogP contribution is -2.22. The Morgan fingerprint density at radius 3 is 1.96 bits per heavy atom. The first-order valence-corrected chi connectivity index (χ1v) is 10.6. The molecule has 0 saturated carbocycles. The molecule has 1 saturated heterocycles. The second-order valence-corrected chi connectivity index (χ2v) is 6.85. The van der Waals surface area contributed by atoms with Crippen LogP contribution in [-0.2, 0) is 9.47 Å². The Balaban J connectivity index is 1.77. The molecule has 0 amide bonds. The van der Waals surface area contributed by atoms with E-state index in [4.69, 9.17) is 9.47 Å². The monoisotopic (exact) mass is 346 g/mol. The average Bonchev–Trinajstić information content (AvgIpc) is 2.65. The van der Waals surface area contributed by atoms with Crippen molar-refractivity contribution in [3.63, 3.8) is 0 Å². The smallest absolute Gasteiger partial charge is 0.157 e. The normalized spacial score (nSPS) is 16.6. The van der Waals surface area contributed by atoms with E-state index in [-0.39, 0.29) is 6.29 Å². The molecule has 2 heteroatoms. The molecule has 0 radical (unpaired) electrons. The van der Waals surface area contributed by atoms with Gasteiger partial charge < -0.3 is 9.47 Å². The van der Waals surface area contributed by atoms with Crippen LogP contribution in [0.1, 0.15) is 103 Å². The molecule has 0 aromatic carbocycles. The zero-order chi connectivity index (χ0) is 17.8. The van der Waals surface area contributed by atoms with Crippen LogP contribution in [0.15, 0.2) is 0 Å². The van der Waals surface area contributed by atoms with Crippen molar-refractivity contribution in [2.24, 2.45) is 0 Å². The maximum atomic E-state index is 5.67. The van der Waals surface area contributed by atoms with Gasteiger partial charge in [0.15, 0.2) is 6.29 Å². The summed E-state index contributed by atoms with van der Waals surface area (Å²) >= 11 is 0. The number of unbranched alkanes of at least 4 members (excludes halogenated alkanes) is 9. The Bertz CT molecular complexity index is 401. The summed E-state index contributed by atoms with van der Waals surface area (Å²) in [5.41, 5.74) is 0. The third-order valence-corrected chi connectivity index (χ3v) is 4.43. The van der Waals surface area contributed by atoms with E-state index in [0.29, 0.717) is 6.61 Å². The van der Waals surface area contributed by atoms with E-state index in [2.05, 4.69) is 30.6 Å². The number of rotatable bonds is 12. The van der Waals surface area contributed by atoms with Crippen molar-refractivity contribution in [3.8, 4) is 23.7 Å². The molecule has 1 fully saturated rings. The third kappa shape index (κ3) is 15.0. The SMILES string of the molecule is CCCCC#CCCCCCCCCC#CCCO[C@@H]1CCCCO1. The van der Waals surface area contributed by atoms with Crippen LogP contribution in [0.25, 0.3) is 0 Å². The molecule has 0 aromatic heterocycles. The molecule has 0 N–H and O–H groups in total. The summed E-state index contributed by atoms with van der Waals surface area (Å²) in [4.78, 5) is 0. The highest BCUT2D eigenvalue weighted by Crippen LogP contribution is 2.13. The highest BCUT2D eigenvalue weighted by molar-refractivity contribution is 4.99. The van der Waals surface area contributed by atoms with Crippen LogP contribution in [0, 0.1) is 23.7 Å². The Hall–Kier alpha value is -0.960. The molecule has 25 heavy (non-hydrogen) atoms. The van der Waals surface area contributed by atoms with Gasteiger partial charge in [-0.1, -0.05) is 39.0 Å². The van der Waals surface area contributed by atoms with Gasteiger partial charge in [-0.25, -0.2) is 0 Å². The molecule has 1 rings (SSSR count). The fourth-order valence-corrected chi connectivity index (χ4v) is 2.84. The van der Waals surface area contributed by atoms with E-state index >= 15 is 0 Å². The fourth-order valence-electron chi connectivity index (χ4n) is 2.84. The predicted octanol–water partition coefficient (Wildman–Crippen LogP) is 6.24. The highest BCUT2D eigenvalue weighted by atomic mass is 16.7. The largest absolute Gasteiger partial charge is 0.353 e. The Morgan fingerprint density at radius 2 is 1.36 bits per heavy atom. The second-order valence-electron chi connectivity index (χ2n) is 6.85. The lowest BCUT2D eigenvalue weighted by molar-refractivity contribution is -0.161. The molecule has 0 aliphatic carbocycles. The van der Waals surface area contributed by atoms with Crippen LogP contribution in [0.5, 0.6) is 0 Å². The van der Waals surface area contributed by atoms with Gasteiger partial charge in [-0.2, -0.15) is 0 Å². The van der Waals surface area contributed by atoms with E-state index in [1.54, 1.807) is 0 Å². The molecule has 1 aliphatic rings. The summed E-state index contributed by atoms with van der Waals surface area (Å²) in [5.74, 6) is 13.0. The molecule has 0 spiro atoms. The summed E-state index contributed by atoms with van der Waals surface area (Å²) in [7, 11) is 0. The predicted molar refractivity (Wildman–Crippen MR) is 106 cm³/mol. The van der Waals surface area contributed by atoms with Crippen molar-refractivity contribution in [1.82, 2.24) is 0 Å². The van der Waals surface area contributed by atoms with Crippen LogP contribution >= 0.6 is 0 Å². The first-order valence-electron chi connectivity index (χ1n) is 10.6. The molecule has 142 valence electrons. The Kier molecular flexibility index (Phi) is 15.8.